The normalized spacial score (nSPS) is 12.3. The second-order valence-electron chi connectivity index (χ2n) is 5.45. The van der Waals surface area contributed by atoms with Crippen molar-refractivity contribution < 1.29 is 22.4 Å². The number of hydrogen-bond acceptors (Lipinski definition) is 5. The minimum Gasteiger partial charge on any atom is -0.468 e. The summed E-state index contributed by atoms with van der Waals surface area (Å²) in [5.41, 5.74) is 0. The Kier molecular flexibility index (Phi) is 5.38. The highest BCUT2D eigenvalue weighted by atomic mass is 32.2. The van der Waals surface area contributed by atoms with Crippen LogP contribution in [0.15, 0.2) is 88.4 Å². The summed E-state index contributed by atoms with van der Waals surface area (Å²) < 4.78 is 36.3. The van der Waals surface area contributed by atoms with E-state index in [4.69, 9.17) is 9.15 Å². The third-order valence-corrected chi connectivity index (χ3v) is 5.77. The Labute approximate surface area is 151 Å². The second-order valence-corrected chi connectivity index (χ2v) is 7.58. The van der Waals surface area contributed by atoms with Crippen LogP contribution in [0.5, 0.6) is 5.75 Å². The van der Waals surface area contributed by atoms with Crippen LogP contribution in [0, 0.1) is 0 Å². The van der Waals surface area contributed by atoms with E-state index in [1.807, 2.05) is 0 Å². The molecular formula is C19H17NO5S. The molecule has 0 aliphatic carbocycles. The predicted molar refractivity (Wildman–Crippen MR) is 95.5 cm³/mol. The van der Waals surface area contributed by atoms with E-state index in [0.717, 1.165) is 0 Å². The highest BCUT2D eigenvalue weighted by Gasteiger charge is 2.31. The van der Waals surface area contributed by atoms with Gasteiger partial charge in [0.1, 0.15) is 16.8 Å². The van der Waals surface area contributed by atoms with Gasteiger partial charge in [0.2, 0.25) is 0 Å². The van der Waals surface area contributed by atoms with Gasteiger partial charge in [-0.1, -0.05) is 36.4 Å². The number of amides is 1. The quantitative estimate of drug-likeness (QED) is 0.716. The standard InChI is InChI=1S/C19H17NO5S/c21-19(25-15-8-3-1-4-9-15)20-14-18(17-12-7-13-24-17)26(22,23)16-10-5-2-6-11-16/h1-13,18H,14H2,(H,20,21)/t18-/m1/s1. The zero-order chi connectivity index (χ0) is 18.4. The van der Waals surface area contributed by atoms with Gasteiger partial charge in [-0.15, -0.1) is 0 Å². The maximum atomic E-state index is 12.9. The van der Waals surface area contributed by atoms with Crippen molar-refractivity contribution >= 4 is 15.9 Å². The molecule has 0 unspecified atom stereocenters. The average molecular weight is 371 g/mol. The van der Waals surface area contributed by atoms with Crippen LogP contribution >= 0.6 is 0 Å². The lowest BCUT2D eigenvalue weighted by molar-refractivity contribution is 0.200. The van der Waals surface area contributed by atoms with E-state index in [0.29, 0.717) is 5.75 Å². The van der Waals surface area contributed by atoms with Crippen molar-refractivity contribution in [2.45, 2.75) is 10.1 Å². The van der Waals surface area contributed by atoms with E-state index in [9.17, 15) is 13.2 Å². The number of furan rings is 1. The molecule has 7 heteroatoms. The summed E-state index contributed by atoms with van der Waals surface area (Å²) >= 11 is 0. The number of carbonyl (C=O) groups is 1. The van der Waals surface area contributed by atoms with Crippen LogP contribution in [0.2, 0.25) is 0 Å². The molecule has 0 radical (unpaired) electrons. The molecule has 1 N–H and O–H groups in total. The fourth-order valence-corrected chi connectivity index (χ4v) is 4.03. The summed E-state index contributed by atoms with van der Waals surface area (Å²) in [6, 6.07) is 19.7. The maximum Gasteiger partial charge on any atom is 0.412 e. The molecule has 0 fully saturated rings. The van der Waals surface area contributed by atoms with Gasteiger partial charge in [0.25, 0.3) is 0 Å². The first-order chi connectivity index (χ1) is 12.6. The Balaban J connectivity index is 1.77. The van der Waals surface area contributed by atoms with Gasteiger partial charge < -0.3 is 14.5 Å². The topological polar surface area (TPSA) is 85.6 Å². The molecule has 2 aromatic carbocycles. The monoisotopic (exact) mass is 371 g/mol. The van der Waals surface area contributed by atoms with Crippen LogP contribution in [0.25, 0.3) is 0 Å². The Hall–Kier alpha value is -3.06. The summed E-state index contributed by atoms with van der Waals surface area (Å²) in [5.74, 6) is 0.610. The Bertz CT molecular complexity index is 938. The SMILES string of the molecule is O=C(NC[C@H](c1ccco1)S(=O)(=O)c1ccccc1)Oc1ccccc1. The van der Waals surface area contributed by atoms with E-state index in [1.54, 1.807) is 60.7 Å². The van der Waals surface area contributed by atoms with E-state index >= 15 is 0 Å². The smallest absolute Gasteiger partial charge is 0.412 e. The summed E-state index contributed by atoms with van der Waals surface area (Å²) in [6.45, 7) is -0.184. The number of ether oxygens (including phenoxy) is 1. The molecule has 1 aromatic heterocycles. The zero-order valence-electron chi connectivity index (χ0n) is 13.7. The molecule has 1 atom stereocenters. The van der Waals surface area contributed by atoms with Crippen LogP contribution in [0.4, 0.5) is 4.79 Å². The first kappa shape index (κ1) is 17.8. The van der Waals surface area contributed by atoms with E-state index in [-0.39, 0.29) is 17.2 Å². The van der Waals surface area contributed by atoms with Gasteiger partial charge in [0.05, 0.1) is 11.2 Å². The van der Waals surface area contributed by atoms with Crippen molar-refractivity contribution in [1.82, 2.24) is 5.32 Å². The number of rotatable bonds is 6. The number of para-hydroxylation sites is 1. The number of sulfone groups is 1. The molecule has 1 heterocycles. The highest BCUT2D eigenvalue weighted by molar-refractivity contribution is 7.91. The van der Waals surface area contributed by atoms with Crippen molar-refractivity contribution in [2.75, 3.05) is 6.54 Å². The minimum atomic E-state index is -3.76. The van der Waals surface area contributed by atoms with Crippen molar-refractivity contribution in [1.29, 1.82) is 0 Å². The first-order valence-corrected chi connectivity index (χ1v) is 9.45. The molecule has 134 valence electrons. The lowest BCUT2D eigenvalue weighted by Crippen LogP contribution is -2.33. The average Bonchev–Trinajstić information content (AvgIpc) is 3.17. The summed E-state index contributed by atoms with van der Waals surface area (Å²) in [4.78, 5) is 12.1. The molecule has 0 saturated heterocycles. The first-order valence-electron chi connectivity index (χ1n) is 7.90. The molecule has 0 aliphatic heterocycles. The fraction of sp³-hybridized carbons (Fsp3) is 0.105. The summed E-state index contributed by atoms with van der Waals surface area (Å²) in [5, 5.41) is 1.43. The van der Waals surface area contributed by atoms with Crippen molar-refractivity contribution in [3.05, 3.63) is 84.8 Å². The molecule has 0 spiro atoms. The highest BCUT2D eigenvalue weighted by Crippen LogP contribution is 2.28. The third-order valence-electron chi connectivity index (χ3n) is 3.69. The van der Waals surface area contributed by atoms with Crippen molar-refractivity contribution in [2.24, 2.45) is 0 Å². The molecule has 0 bridgehead atoms. The number of nitrogens with one attached hydrogen (secondary N) is 1. The Morgan fingerprint density at radius 2 is 1.62 bits per heavy atom. The van der Waals surface area contributed by atoms with Gasteiger partial charge in [0.15, 0.2) is 9.84 Å². The van der Waals surface area contributed by atoms with Gasteiger partial charge in [-0.3, -0.25) is 0 Å². The maximum absolute atomic E-state index is 12.9. The second kappa shape index (κ2) is 7.88. The Morgan fingerprint density at radius 1 is 0.962 bits per heavy atom. The van der Waals surface area contributed by atoms with E-state index in [2.05, 4.69) is 5.32 Å². The van der Waals surface area contributed by atoms with Crippen LogP contribution < -0.4 is 10.1 Å². The minimum absolute atomic E-state index is 0.152. The molecule has 26 heavy (non-hydrogen) atoms. The van der Waals surface area contributed by atoms with Gasteiger partial charge >= 0.3 is 6.09 Å². The number of benzene rings is 2. The summed E-state index contributed by atoms with van der Waals surface area (Å²) in [7, 11) is -3.76. The molecule has 3 aromatic rings. The van der Waals surface area contributed by atoms with E-state index < -0.39 is 21.2 Å². The van der Waals surface area contributed by atoms with Crippen LogP contribution in [-0.4, -0.2) is 21.1 Å². The molecular weight excluding hydrogens is 354 g/mol. The van der Waals surface area contributed by atoms with Crippen LogP contribution in [-0.2, 0) is 9.84 Å². The lowest BCUT2D eigenvalue weighted by Gasteiger charge is -2.16. The molecule has 0 aliphatic rings. The lowest BCUT2D eigenvalue weighted by atomic mass is 10.3. The third kappa shape index (κ3) is 4.12. The van der Waals surface area contributed by atoms with Gasteiger partial charge in [-0.25, -0.2) is 13.2 Å². The van der Waals surface area contributed by atoms with Crippen molar-refractivity contribution in [3.63, 3.8) is 0 Å². The largest absolute Gasteiger partial charge is 0.468 e. The molecule has 1 amide bonds. The predicted octanol–water partition coefficient (Wildman–Crippen LogP) is 3.58. The van der Waals surface area contributed by atoms with Crippen molar-refractivity contribution in [3.8, 4) is 5.75 Å². The van der Waals surface area contributed by atoms with Gasteiger partial charge in [0, 0.05) is 6.54 Å². The molecule has 6 nitrogen and oxygen atoms in total. The Morgan fingerprint density at radius 3 is 2.23 bits per heavy atom. The number of hydrogen-bond donors (Lipinski definition) is 1. The van der Waals surface area contributed by atoms with Crippen LogP contribution in [0.1, 0.15) is 11.0 Å². The van der Waals surface area contributed by atoms with Gasteiger partial charge in [-0.05, 0) is 36.4 Å². The fourth-order valence-electron chi connectivity index (χ4n) is 2.42. The van der Waals surface area contributed by atoms with Gasteiger partial charge in [-0.2, -0.15) is 0 Å². The van der Waals surface area contributed by atoms with E-state index in [1.165, 1.54) is 18.4 Å². The molecule has 3 rings (SSSR count). The zero-order valence-corrected chi connectivity index (χ0v) is 14.6. The number of carbonyl (C=O) groups excluding carboxylic acids is 1. The van der Waals surface area contributed by atoms with Crippen LogP contribution in [0.3, 0.4) is 0 Å². The molecule has 0 saturated carbocycles. The summed E-state index contributed by atoms with van der Waals surface area (Å²) in [6.07, 6.45) is 0.654.